The van der Waals surface area contributed by atoms with Crippen LogP contribution in [0.2, 0.25) is 0 Å². The van der Waals surface area contributed by atoms with Gasteiger partial charge in [-0.25, -0.2) is 0 Å². The normalized spacial score (nSPS) is 10.4. The highest BCUT2D eigenvalue weighted by Gasteiger charge is 2.14. The summed E-state index contributed by atoms with van der Waals surface area (Å²) in [7, 11) is 0. The van der Waals surface area contributed by atoms with Crippen LogP contribution in [0, 0.1) is 19.8 Å². The molecule has 8 heteroatoms. The number of benzene rings is 2. The number of aryl methyl sites for hydroxylation is 2. The molecule has 0 atom stereocenters. The van der Waals surface area contributed by atoms with Crippen LogP contribution in [-0.2, 0) is 4.79 Å². The van der Waals surface area contributed by atoms with Crippen molar-refractivity contribution < 1.29 is 19.1 Å². The predicted molar refractivity (Wildman–Crippen MR) is 124 cm³/mol. The first kappa shape index (κ1) is 24.1. The topological polar surface area (TPSA) is 88.7 Å². The van der Waals surface area contributed by atoms with E-state index in [1.54, 1.807) is 24.3 Å². The standard InChI is InChI=1S/C23H29N3O4S/c1-15(2)11-12-29-20-8-6-5-7-18(20)22(28)24-23(31)26-25-21(27)14-30-19-10-9-16(3)13-17(19)4/h5-10,13,15H,11-12,14H2,1-4H3,(H,25,27)(H2,24,26,28,31). The summed E-state index contributed by atoms with van der Waals surface area (Å²) in [6.07, 6.45) is 0.881. The number of para-hydroxylation sites is 1. The van der Waals surface area contributed by atoms with E-state index in [0.29, 0.717) is 29.6 Å². The minimum atomic E-state index is -0.436. The Morgan fingerprint density at radius 2 is 1.74 bits per heavy atom. The number of carbonyl (C=O) groups excluding carboxylic acids is 2. The highest BCUT2D eigenvalue weighted by Crippen LogP contribution is 2.19. The van der Waals surface area contributed by atoms with Crippen molar-refractivity contribution in [1.29, 1.82) is 0 Å². The number of carbonyl (C=O) groups is 2. The summed E-state index contributed by atoms with van der Waals surface area (Å²) in [5.41, 5.74) is 7.32. The average Bonchev–Trinajstić information content (AvgIpc) is 2.71. The van der Waals surface area contributed by atoms with Gasteiger partial charge in [0.2, 0.25) is 0 Å². The summed E-state index contributed by atoms with van der Waals surface area (Å²) < 4.78 is 11.2. The van der Waals surface area contributed by atoms with E-state index < -0.39 is 11.8 Å². The molecule has 0 aliphatic rings. The van der Waals surface area contributed by atoms with Gasteiger partial charge in [-0.1, -0.05) is 43.7 Å². The van der Waals surface area contributed by atoms with Gasteiger partial charge in [-0.05, 0) is 62.2 Å². The van der Waals surface area contributed by atoms with Crippen LogP contribution in [0.3, 0.4) is 0 Å². The molecule has 2 rings (SSSR count). The Labute approximate surface area is 188 Å². The summed E-state index contributed by atoms with van der Waals surface area (Å²) in [5, 5.41) is 2.49. The second-order valence-electron chi connectivity index (χ2n) is 7.54. The van der Waals surface area contributed by atoms with Crippen LogP contribution in [0.4, 0.5) is 0 Å². The molecule has 0 bridgehead atoms. The third-order valence-corrected chi connectivity index (χ3v) is 4.52. The zero-order valence-corrected chi connectivity index (χ0v) is 19.1. The van der Waals surface area contributed by atoms with Crippen molar-refractivity contribution in [2.45, 2.75) is 34.1 Å². The van der Waals surface area contributed by atoms with Gasteiger partial charge in [0.25, 0.3) is 11.8 Å². The van der Waals surface area contributed by atoms with Crippen LogP contribution in [0.25, 0.3) is 0 Å². The molecule has 0 aliphatic carbocycles. The Morgan fingerprint density at radius 3 is 2.45 bits per heavy atom. The maximum atomic E-state index is 12.5. The van der Waals surface area contributed by atoms with Gasteiger partial charge in [0.05, 0.1) is 12.2 Å². The Bertz CT molecular complexity index is 931. The molecule has 166 valence electrons. The van der Waals surface area contributed by atoms with E-state index in [-0.39, 0.29) is 11.7 Å². The lowest BCUT2D eigenvalue weighted by Gasteiger charge is -2.14. The van der Waals surface area contributed by atoms with E-state index in [0.717, 1.165) is 17.5 Å². The fraction of sp³-hybridized carbons (Fsp3) is 0.348. The van der Waals surface area contributed by atoms with Crippen molar-refractivity contribution in [3.8, 4) is 11.5 Å². The molecule has 3 N–H and O–H groups in total. The first-order valence-electron chi connectivity index (χ1n) is 10.1. The molecule has 7 nitrogen and oxygen atoms in total. The second-order valence-corrected chi connectivity index (χ2v) is 7.95. The molecular weight excluding hydrogens is 414 g/mol. The van der Waals surface area contributed by atoms with Crippen molar-refractivity contribution in [2.75, 3.05) is 13.2 Å². The fourth-order valence-electron chi connectivity index (χ4n) is 2.65. The first-order valence-corrected chi connectivity index (χ1v) is 10.5. The molecule has 31 heavy (non-hydrogen) atoms. The summed E-state index contributed by atoms with van der Waals surface area (Å²) in [6.45, 7) is 8.42. The lowest BCUT2D eigenvalue weighted by atomic mass is 10.1. The van der Waals surface area contributed by atoms with Crippen LogP contribution in [0.15, 0.2) is 42.5 Å². The lowest BCUT2D eigenvalue weighted by molar-refractivity contribution is -0.123. The average molecular weight is 444 g/mol. The summed E-state index contributed by atoms with van der Waals surface area (Å²) in [6, 6.07) is 12.6. The molecule has 2 amide bonds. The van der Waals surface area contributed by atoms with Crippen LogP contribution in [-0.4, -0.2) is 30.1 Å². The highest BCUT2D eigenvalue weighted by molar-refractivity contribution is 7.80. The lowest BCUT2D eigenvalue weighted by Crippen LogP contribution is -2.49. The van der Waals surface area contributed by atoms with Crippen molar-refractivity contribution in [1.82, 2.24) is 16.2 Å². The number of amides is 2. The van der Waals surface area contributed by atoms with E-state index in [1.807, 2.05) is 32.0 Å². The van der Waals surface area contributed by atoms with Crippen molar-refractivity contribution in [2.24, 2.45) is 5.92 Å². The number of rotatable bonds is 8. The number of thiocarbonyl (C=S) groups is 1. The number of ether oxygens (including phenoxy) is 2. The van der Waals surface area contributed by atoms with Crippen LogP contribution < -0.4 is 25.6 Å². The zero-order valence-electron chi connectivity index (χ0n) is 18.3. The van der Waals surface area contributed by atoms with Crippen LogP contribution >= 0.6 is 12.2 Å². The Kier molecular flexibility index (Phi) is 9.27. The largest absolute Gasteiger partial charge is 0.493 e. The van der Waals surface area contributed by atoms with Gasteiger partial charge in [-0.3, -0.25) is 25.8 Å². The molecule has 2 aromatic carbocycles. The Hall–Kier alpha value is -3.13. The SMILES string of the molecule is Cc1ccc(OCC(=O)NNC(=S)NC(=O)c2ccccc2OCCC(C)C)c(C)c1. The van der Waals surface area contributed by atoms with E-state index in [9.17, 15) is 9.59 Å². The molecule has 0 spiro atoms. The van der Waals surface area contributed by atoms with Crippen LogP contribution in [0.5, 0.6) is 11.5 Å². The van der Waals surface area contributed by atoms with E-state index >= 15 is 0 Å². The maximum absolute atomic E-state index is 12.5. The van der Waals surface area contributed by atoms with Gasteiger partial charge < -0.3 is 9.47 Å². The second kappa shape index (κ2) is 11.9. The highest BCUT2D eigenvalue weighted by atomic mass is 32.1. The van der Waals surface area contributed by atoms with Gasteiger partial charge in [-0.15, -0.1) is 0 Å². The van der Waals surface area contributed by atoms with Gasteiger partial charge in [-0.2, -0.15) is 0 Å². The van der Waals surface area contributed by atoms with E-state index in [2.05, 4.69) is 30.0 Å². The zero-order chi connectivity index (χ0) is 22.8. The van der Waals surface area contributed by atoms with Gasteiger partial charge in [0.1, 0.15) is 11.5 Å². The third-order valence-electron chi connectivity index (χ3n) is 4.32. The number of hydrogen-bond acceptors (Lipinski definition) is 5. The summed E-state index contributed by atoms with van der Waals surface area (Å²) in [4.78, 5) is 24.5. The quantitative estimate of drug-likeness (QED) is 0.428. The molecule has 0 saturated heterocycles. The third kappa shape index (κ3) is 8.25. The number of hydrogen-bond donors (Lipinski definition) is 3. The van der Waals surface area contributed by atoms with Gasteiger partial charge in [0, 0.05) is 0 Å². The summed E-state index contributed by atoms with van der Waals surface area (Å²) in [5.74, 6) is 0.743. The molecule has 0 unspecified atom stereocenters. The molecule has 0 heterocycles. The smallest absolute Gasteiger partial charge is 0.276 e. The van der Waals surface area contributed by atoms with Crippen molar-refractivity contribution in [3.05, 3.63) is 59.2 Å². The monoisotopic (exact) mass is 443 g/mol. The Morgan fingerprint density at radius 1 is 1.00 bits per heavy atom. The molecule has 0 fully saturated rings. The van der Waals surface area contributed by atoms with Crippen molar-refractivity contribution >= 4 is 29.1 Å². The van der Waals surface area contributed by atoms with E-state index in [1.165, 1.54) is 0 Å². The number of nitrogens with one attached hydrogen (secondary N) is 3. The first-order chi connectivity index (χ1) is 14.8. The van der Waals surface area contributed by atoms with E-state index in [4.69, 9.17) is 21.7 Å². The molecule has 0 aliphatic heterocycles. The maximum Gasteiger partial charge on any atom is 0.276 e. The minimum absolute atomic E-state index is 0.0400. The van der Waals surface area contributed by atoms with Gasteiger partial charge in [0.15, 0.2) is 11.7 Å². The summed E-state index contributed by atoms with van der Waals surface area (Å²) >= 11 is 5.09. The Balaban J connectivity index is 1.80. The molecule has 0 radical (unpaired) electrons. The molecule has 0 saturated carbocycles. The molecular formula is C23H29N3O4S. The van der Waals surface area contributed by atoms with Crippen molar-refractivity contribution in [3.63, 3.8) is 0 Å². The van der Waals surface area contributed by atoms with Gasteiger partial charge >= 0.3 is 0 Å². The predicted octanol–water partition coefficient (Wildman–Crippen LogP) is 3.44. The molecule has 2 aromatic rings. The van der Waals surface area contributed by atoms with Crippen LogP contribution in [0.1, 0.15) is 41.8 Å². The molecule has 0 aromatic heterocycles. The number of hydrazine groups is 1. The fourth-order valence-corrected chi connectivity index (χ4v) is 2.80. The minimum Gasteiger partial charge on any atom is -0.493 e.